The highest BCUT2D eigenvalue weighted by atomic mass is 35.5. The monoisotopic (exact) mass is 255 g/mol. The number of carbonyl (C=O) groups excluding carboxylic acids is 1. The van der Waals surface area contributed by atoms with E-state index in [0.717, 1.165) is 12.8 Å². The Morgan fingerprint density at radius 3 is 2.65 bits per heavy atom. The number of hydrogen-bond donors (Lipinski definition) is 1. The van der Waals surface area contributed by atoms with Gasteiger partial charge in [0.05, 0.1) is 5.54 Å². The Bertz CT molecular complexity index is 441. The molecule has 4 heteroatoms. The molecule has 1 aromatic rings. The molecule has 0 spiro atoms. The fraction of sp³-hybridized carbons (Fsp3) is 0.462. The van der Waals surface area contributed by atoms with Gasteiger partial charge in [-0.15, -0.1) is 0 Å². The van der Waals surface area contributed by atoms with Crippen molar-refractivity contribution in [1.29, 1.82) is 0 Å². The van der Waals surface area contributed by atoms with Crippen molar-refractivity contribution in [1.82, 2.24) is 0 Å². The van der Waals surface area contributed by atoms with Crippen LogP contribution in [-0.4, -0.2) is 11.3 Å². The summed E-state index contributed by atoms with van der Waals surface area (Å²) in [5, 5.41) is 0.335. The molecule has 0 saturated heterocycles. The number of nitrogens with two attached hydrogens (primary N) is 1. The Morgan fingerprint density at radius 2 is 2.06 bits per heavy atom. The van der Waals surface area contributed by atoms with E-state index in [0.29, 0.717) is 23.4 Å². The Morgan fingerprint density at radius 1 is 1.41 bits per heavy atom. The van der Waals surface area contributed by atoms with Crippen molar-refractivity contribution >= 4 is 17.4 Å². The number of Topliss-reactive ketones (excluding diaryl/α,β-unsaturated/α-hetero) is 1. The summed E-state index contributed by atoms with van der Waals surface area (Å²) in [6.07, 6.45) is 3.43. The van der Waals surface area contributed by atoms with Gasteiger partial charge in [0.1, 0.15) is 5.82 Å². The van der Waals surface area contributed by atoms with Crippen LogP contribution in [-0.2, 0) is 11.2 Å². The number of ketones is 1. The lowest BCUT2D eigenvalue weighted by molar-refractivity contribution is -0.123. The first-order valence-electron chi connectivity index (χ1n) is 5.77. The molecule has 0 radical (unpaired) electrons. The minimum atomic E-state index is -0.744. The van der Waals surface area contributed by atoms with Crippen LogP contribution in [0.15, 0.2) is 18.2 Å². The molecule has 17 heavy (non-hydrogen) atoms. The fourth-order valence-electron chi connectivity index (χ4n) is 2.30. The van der Waals surface area contributed by atoms with E-state index in [2.05, 4.69) is 0 Å². The van der Waals surface area contributed by atoms with Crippen LogP contribution in [0, 0.1) is 5.82 Å². The molecule has 2 rings (SSSR count). The summed E-state index contributed by atoms with van der Waals surface area (Å²) in [6, 6.07) is 4.36. The zero-order valence-corrected chi connectivity index (χ0v) is 10.3. The lowest BCUT2D eigenvalue weighted by Gasteiger charge is -2.21. The van der Waals surface area contributed by atoms with Crippen LogP contribution >= 0.6 is 11.6 Å². The minimum absolute atomic E-state index is 0.0551. The molecule has 2 nitrogen and oxygen atoms in total. The lowest BCUT2D eigenvalue weighted by Crippen LogP contribution is -2.46. The highest BCUT2D eigenvalue weighted by molar-refractivity contribution is 6.30. The van der Waals surface area contributed by atoms with E-state index >= 15 is 0 Å². The predicted molar refractivity (Wildman–Crippen MR) is 65.5 cm³/mol. The Kier molecular flexibility index (Phi) is 3.50. The summed E-state index contributed by atoms with van der Waals surface area (Å²) in [5.74, 6) is -0.510. The van der Waals surface area contributed by atoms with Gasteiger partial charge < -0.3 is 5.73 Å². The van der Waals surface area contributed by atoms with E-state index in [4.69, 9.17) is 17.3 Å². The second-order valence-corrected chi connectivity index (χ2v) is 5.14. The van der Waals surface area contributed by atoms with Gasteiger partial charge in [0.15, 0.2) is 5.78 Å². The fourth-order valence-corrected chi connectivity index (χ4v) is 2.46. The van der Waals surface area contributed by atoms with Gasteiger partial charge in [0.2, 0.25) is 0 Å². The molecule has 1 saturated carbocycles. The topological polar surface area (TPSA) is 43.1 Å². The van der Waals surface area contributed by atoms with Crippen LogP contribution in [0.25, 0.3) is 0 Å². The molecule has 0 aliphatic heterocycles. The second kappa shape index (κ2) is 4.75. The number of carbonyl (C=O) groups is 1. The number of benzene rings is 1. The van der Waals surface area contributed by atoms with Crippen LogP contribution in [0.3, 0.4) is 0 Å². The highest BCUT2D eigenvalue weighted by Crippen LogP contribution is 2.29. The molecular weight excluding hydrogens is 241 g/mol. The molecule has 0 heterocycles. The van der Waals surface area contributed by atoms with Crippen molar-refractivity contribution in [3.8, 4) is 0 Å². The largest absolute Gasteiger partial charge is 0.319 e. The SMILES string of the molecule is NC1(C(=O)Cc2ccc(Cl)cc2F)CCCC1. The zero-order chi connectivity index (χ0) is 12.5. The molecule has 0 unspecified atom stereocenters. The molecule has 0 amide bonds. The molecular formula is C13H15ClFNO. The molecule has 1 aliphatic rings. The third kappa shape index (κ3) is 2.67. The van der Waals surface area contributed by atoms with Crippen molar-refractivity contribution in [2.45, 2.75) is 37.6 Å². The molecule has 0 aromatic heterocycles. The van der Waals surface area contributed by atoms with Crippen molar-refractivity contribution in [2.75, 3.05) is 0 Å². The molecule has 1 fully saturated rings. The maximum atomic E-state index is 13.5. The van der Waals surface area contributed by atoms with Gasteiger partial charge in [0.25, 0.3) is 0 Å². The summed E-state index contributed by atoms with van der Waals surface area (Å²) in [6.45, 7) is 0. The Labute approximate surface area is 105 Å². The first-order valence-corrected chi connectivity index (χ1v) is 6.15. The standard InChI is InChI=1S/C13H15ClFNO/c14-10-4-3-9(11(15)8-10)7-12(17)13(16)5-1-2-6-13/h3-4,8H,1-2,5-7,16H2. The van der Waals surface area contributed by atoms with Crippen molar-refractivity contribution in [2.24, 2.45) is 5.73 Å². The first kappa shape index (κ1) is 12.5. The average Bonchev–Trinajstić information content (AvgIpc) is 2.71. The first-order chi connectivity index (χ1) is 8.01. The van der Waals surface area contributed by atoms with E-state index in [1.165, 1.54) is 6.07 Å². The zero-order valence-electron chi connectivity index (χ0n) is 9.51. The third-order valence-electron chi connectivity index (χ3n) is 3.42. The van der Waals surface area contributed by atoms with Crippen LogP contribution < -0.4 is 5.73 Å². The van der Waals surface area contributed by atoms with Gasteiger partial charge in [-0.2, -0.15) is 0 Å². The van der Waals surface area contributed by atoms with Gasteiger partial charge in [-0.1, -0.05) is 30.5 Å². The van der Waals surface area contributed by atoms with Gasteiger partial charge in [-0.25, -0.2) is 4.39 Å². The normalized spacial score (nSPS) is 18.3. The van der Waals surface area contributed by atoms with E-state index < -0.39 is 11.4 Å². The summed E-state index contributed by atoms with van der Waals surface area (Å²) in [4.78, 5) is 12.0. The highest BCUT2D eigenvalue weighted by Gasteiger charge is 2.36. The minimum Gasteiger partial charge on any atom is -0.319 e. The molecule has 0 atom stereocenters. The van der Waals surface area contributed by atoms with Crippen LogP contribution in [0.1, 0.15) is 31.2 Å². The lowest BCUT2D eigenvalue weighted by atomic mass is 9.89. The van der Waals surface area contributed by atoms with Crippen LogP contribution in [0.5, 0.6) is 0 Å². The van der Waals surface area contributed by atoms with Crippen molar-refractivity contribution in [3.05, 3.63) is 34.6 Å². The smallest absolute Gasteiger partial charge is 0.157 e. The predicted octanol–water partition coefficient (Wildman–Crippen LogP) is 2.86. The van der Waals surface area contributed by atoms with E-state index in [1.807, 2.05) is 0 Å². The quantitative estimate of drug-likeness (QED) is 0.903. The van der Waals surface area contributed by atoms with Crippen LogP contribution in [0.2, 0.25) is 5.02 Å². The maximum Gasteiger partial charge on any atom is 0.157 e. The summed E-state index contributed by atoms with van der Waals surface area (Å²) >= 11 is 5.66. The second-order valence-electron chi connectivity index (χ2n) is 4.70. The average molecular weight is 256 g/mol. The molecule has 1 aromatic carbocycles. The summed E-state index contributed by atoms with van der Waals surface area (Å²) < 4.78 is 13.5. The molecule has 1 aliphatic carbocycles. The number of hydrogen-bond acceptors (Lipinski definition) is 2. The van der Waals surface area contributed by atoms with Gasteiger partial charge >= 0.3 is 0 Å². The summed E-state index contributed by atoms with van der Waals surface area (Å²) in [7, 11) is 0. The Hall–Kier alpha value is -0.930. The number of halogens is 2. The molecule has 0 bridgehead atoms. The van der Waals surface area contributed by atoms with E-state index in [1.54, 1.807) is 12.1 Å². The maximum absolute atomic E-state index is 13.5. The van der Waals surface area contributed by atoms with Gasteiger partial charge in [-0.05, 0) is 30.5 Å². The third-order valence-corrected chi connectivity index (χ3v) is 3.65. The van der Waals surface area contributed by atoms with E-state index in [9.17, 15) is 9.18 Å². The van der Waals surface area contributed by atoms with E-state index in [-0.39, 0.29) is 12.2 Å². The summed E-state index contributed by atoms with van der Waals surface area (Å²) in [5.41, 5.74) is 5.66. The van der Waals surface area contributed by atoms with Gasteiger partial charge in [-0.3, -0.25) is 4.79 Å². The Balaban J connectivity index is 2.13. The van der Waals surface area contributed by atoms with Gasteiger partial charge in [0, 0.05) is 11.4 Å². The number of rotatable bonds is 3. The van der Waals surface area contributed by atoms with Crippen molar-refractivity contribution in [3.63, 3.8) is 0 Å². The van der Waals surface area contributed by atoms with Crippen molar-refractivity contribution < 1.29 is 9.18 Å². The molecule has 2 N–H and O–H groups in total. The van der Waals surface area contributed by atoms with Crippen LogP contribution in [0.4, 0.5) is 4.39 Å². The molecule has 92 valence electrons.